The molecule has 0 saturated carbocycles. The van der Waals surface area contributed by atoms with Crippen LogP contribution in [-0.2, 0) is 16.6 Å². The number of aliphatic hydroxyl groups excluding tert-OH is 1. The summed E-state index contributed by atoms with van der Waals surface area (Å²) in [5.74, 6) is 1.62. The number of nitrogens with zero attached hydrogens (tertiary/aromatic N) is 3. The highest BCUT2D eigenvalue weighted by Gasteiger charge is 2.24. The first-order chi connectivity index (χ1) is 15.0. The third kappa shape index (κ3) is 6.11. The highest BCUT2D eigenvalue weighted by Crippen LogP contribution is 2.27. The van der Waals surface area contributed by atoms with Crippen LogP contribution in [0.4, 0.5) is 0 Å². The third-order valence-electron chi connectivity index (χ3n) is 6.18. The van der Waals surface area contributed by atoms with Gasteiger partial charge in [-0.3, -0.25) is 9.69 Å². The second-order valence-electron chi connectivity index (χ2n) is 9.86. The van der Waals surface area contributed by atoms with Gasteiger partial charge in [-0.1, -0.05) is 38.1 Å². The van der Waals surface area contributed by atoms with Crippen LogP contribution >= 0.6 is 0 Å². The van der Waals surface area contributed by atoms with Crippen LogP contribution in [0.15, 0.2) is 22.7 Å². The van der Waals surface area contributed by atoms with Crippen molar-refractivity contribution in [3.8, 4) is 5.75 Å². The summed E-state index contributed by atoms with van der Waals surface area (Å²) in [5.41, 5.74) is 4.11. The van der Waals surface area contributed by atoms with E-state index in [1.54, 1.807) is 0 Å². The highest BCUT2D eigenvalue weighted by atomic mass is 16.5. The summed E-state index contributed by atoms with van der Waals surface area (Å²) < 4.78 is 11.1. The monoisotopic (exact) mass is 443 g/mol. The second kappa shape index (κ2) is 10.0. The lowest BCUT2D eigenvalue weighted by molar-refractivity contribution is -0.132. The molecule has 0 spiro atoms. The summed E-state index contributed by atoms with van der Waals surface area (Å²) >= 11 is 0. The Balaban J connectivity index is 1.43. The minimum atomic E-state index is -0.582. The van der Waals surface area contributed by atoms with Gasteiger partial charge in [0.05, 0.1) is 12.1 Å². The maximum Gasteiger partial charge on any atom is 0.227 e. The molecule has 1 atom stereocenters. The Bertz CT molecular complexity index is 904. The Kier molecular flexibility index (Phi) is 7.62. The lowest BCUT2D eigenvalue weighted by Gasteiger charge is -2.35. The third-order valence-corrected chi connectivity index (χ3v) is 6.18. The van der Waals surface area contributed by atoms with E-state index in [2.05, 4.69) is 43.0 Å². The summed E-state index contributed by atoms with van der Waals surface area (Å²) in [6, 6.07) is 6.24. The molecule has 7 heteroatoms. The molecular weight excluding hydrogens is 406 g/mol. The number of benzene rings is 1. The SMILES string of the molecule is Cc1cc(C(C)(C)C)ccc1OCC(O)CN1CCN(C(=O)Cc2c(C)noc2C)CC1. The van der Waals surface area contributed by atoms with E-state index in [0.29, 0.717) is 31.8 Å². The topological polar surface area (TPSA) is 79.0 Å². The van der Waals surface area contributed by atoms with Crippen molar-refractivity contribution in [1.82, 2.24) is 15.0 Å². The molecule has 0 bridgehead atoms. The number of rotatable bonds is 7. The van der Waals surface area contributed by atoms with Crippen molar-refractivity contribution in [3.05, 3.63) is 46.3 Å². The van der Waals surface area contributed by atoms with E-state index in [4.69, 9.17) is 9.26 Å². The summed E-state index contributed by atoms with van der Waals surface area (Å²) in [6.45, 7) is 15.9. The molecule has 1 N–H and O–H groups in total. The predicted molar refractivity (Wildman–Crippen MR) is 124 cm³/mol. The molecule has 1 aromatic carbocycles. The van der Waals surface area contributed by atoms with Gasteiger partial charge in [0.2, 0.25) is 5.91 Å². The van der Waals surface area contributed by atoms with Gasteiger partial charge in [0.25, 0.3) is 0 Å². The number of piperazine rings is 1. The number of amides is 1. The van der Waals surface area contributed by atoms with Crippen LogP contribution in [0.1, 0.15) is 48.9 Å². The lowest BCUT2D eigenvalue weighted by atomic mass is 9.86. The molecule has 1 aromatic heterocycles. The normalized spacial score (nSPS) is 16.3. The van der Waals surface area contributed by atoms with Gasteiger partial charge in [0.15, 0.2) is 0 Å². The van der Waals surface area contributed by atoms with Crippen molar-refractivity contribution in [2.45, 2.75) is 59.5 Å². The zero-order chi connectivity index (χ0) is 23.5. The van der Waals surface area contributed by atoms with Crippen molar-refractivity contribution >= 4 is 5.91 Å². The van der Waals surface area contributed by atoms with Crippen LogP contribution in [0.25, 0.3) is 0 Å². The Morgan fingerprint density at radius 1 is 1.19 bits per heavy atom. The number of hydrogen-bond donors (Lipinski definition) is 1. The smallest absolute Gasteiger partial charge is 0.227 e. The Hall–Kier alpha value is -2.38. The molecule has 32 heavy (non-hydrogen) atoms. The largest absolute Gasteiger partial charge is 0.491 e. The average Bonchev–Trinajstić information content (AvgIpc) is 3.04. The van der Waals surface area contributed by atoms with Gasteiger partial charge in [-0.25, -0.2) is 0 Å². The van der Waals surface area contributed by atoms with Crippen LogP contribution < -0.4 is 4.74 Å². The number of aryl methyl sites for hydroxylation is 3. The molecule has 1 aliphatic heterocycles. The van der Waals surface area contributed by atoms with E-state index < -0.39 is 6.10 Å². The number of carbonyl (C=O) groups is 1. The van der Waals surface area contributed by atoms with Gasteiger partial charge in [-0.2, -0.15) is 0 Å². The van der Waals surface area contributed by atoms with Crippen molar-refractivity contribution in [1.29, 1.82) is 0 Å². The average molecular weight is 444 g/mol. The fourth-order valence-corrected chi connectivity index (χ4v) is 4.01. The molecule has 2 heterocycles. The van der Waals surface area contributed by atoms with Crippen LogP contribution in [0.3, 0.4) is 0 Å². The second-order valence-corrected chi connectivity index (χ2v) is 9.86. The molecule has 1 aliphatic rings. The number of carbonyl (C=O) groups excluding carboxylic acids is 1. The van der Waals surface area contributed by atoms with E-state index in [9.17, 15) is 9.90 Å². The van der Waals surface area contributed by atoms with Crippen LogP contribution in [0.5, 0.6) is 5.75 Å². The number of aromatic nitrogens is 1. The number of ether oxygens (including phenoxy) is 1. The standard InChI is InChI=1S/C25H37N3O4/c1-17-13-20(25(4,5)6)7-8-23(17)31-16-21(29)15-27-9-11-28(12-10-27)24(30)14-22-18(2)26-32-19(22)3/h7-8,13,21,29H,9-12,14-16H2,1-6H3. The summed E-state index contributed by atoms with van der Waals surface area (Å²) in [6.07, 6.45) is -0.258. The molecule has 3 rings (SSSR count). The Labute approximate surface area is 191 Å². The van der Waals surface area contributed by atoms with Gasteiger partial charge < -0.3 is 19.3 Å². The van der Waals surface area contributed by atoms with Crippen LogP contribution in [0, 0.1) is 20.8 Å². The minimum Gasteiger partial charge on any atom is -0.491 e. The van der Waals surface area contributed by atoms with E-state index in [-0.39, 0.29) is 17.9 Å². The zero-order valence-electron chi connectivity index (χ0n) is 20.3. The van der Waals surface area contributed by atoms with Gasteiger partial charge >= 0.3 is 0 Å². The van der Waals surface area contributed by atoms with E-state index >= 15 is 0 Å². The molecule has 1 unspecified atom stereocenters. The summed E-state index contributed by atoms with van der Waals surface area (Å²) in [7, 11) is 0. The summed E-state index contributed by atoms with van der Waals surface area (Å²) in [4.78, 5) is 16.7. The first kappa shape index (κ1) is 24.3. The molecular formula is C25H37N3O4. The molecule has 1 fully saturated rings. The maximum atomic E-state index is 12.6. The Morgan fingerprint density at radius 3 is 2.44 bits per heavy atom. The van der Waals surface area contributed by atoms with E-state index in [1.807, 2.05) is 31.7 Å². The molecule has 2 aromatic rings. The fraction of sp³-hybridized carbons (Fsp3) is 0.600. The van der Waals surface area contributed by atoms with E-state index in [0.717, 1.165) is 35.7 Å². The van der Waals surface area contributed by atoms with Crippen molar-refractivity contribution < 1.29 is 19.2 Å². The molecule has 0 aliphatic carbocycles. The summed E-state index contributed by atoms with van der Waals surface area (Å²) in [5, 5.41) is 14.4. The number of β-amino-alcohol motifs (C(OH)–C–C–N with tert-alkyl or cyclic N) is 1. The van der Waals surface area contributed by atoms with Crippen molar-refractivity contribution in [2.24, 2.45) is 0 Å². The van der Waals surface area contributed by atoms with E-state index in [1.165, 1.54) is 5.56 Å². The maximum absolute atomic E-state index is 12.6. The molecule has 176 valence electrons. The zero-order valence-corrected chi connectivity index (χ0v) is 20.3. The molecule has 7 nitrogen and oxygen atoms in total. The van der Waals surface area contributed by atoms with Gasteiger partial charge in [0.1, 0.15) is 24.2 Å². The Morgan fingerprint density at radius 2 is 1.88 bits per heavy atom. The number of aliphatic hydroxyl groups is 1. The van der Waals surface area contributed by atoms with Crippen molar-refractivity contribution in [3.63, 3.8) is 0 Å². The predicted octanol–water partition coefficient (Wildman–Crippen LogP) is 3.02. The fourth-order valence-electron chi connectivity index (χ4n) is 4.01. The minimum absolute atomic E-state index is 0.0945. The lowest BCUT2D eigenvalue weighted by Crippen LogP contribution is -2.51. The van der Waals surface area contributed by atoms with Crippen LogP contribution in [-0.4, -0.2) is 71.4 Å². The number of hydrogen-bond acceptors (Lipinski definition) is 6. The van der Waals surface area contributed by atoms with Crippen molar-refractivity contribution in [2.75, 3.05) is 39.3 Å². The molecule has 1 saturated heterocycles. The van der Waals surface area contributed by atoms with Gasteiger partial charge in [-0.15, -0.1) is 0 Å². The first-order valence-electron chi connectivity index (χ1n) is 11.4. The van der Waals surface area contributed by atoms with Gasteiger partial charge in [0, 0.05) is 38.3 Å². The quantitative estimate of drug-likeness (QED) is 0.709. The molecule has 0 radical (unpaired) electrons. The highest BCUT2D eigenvalue weighted by molar-refractivity contribution is 5.79. The van der Waals surface area contributed by atoms with Gasteiger partial charge in [-0.05, 0) is 43.4 Å². The van der Waals surface area contributed by atoms with Crippen LogP contribution in [0.2, 0.25) is 0 Å². The first-order valence-corrected chi connectivity index (χ1v) is 11.4. The molecule has 1 amide bonds.